The monoisotopic (exact) mass is 282 g/mol. The molecule has 0 amide bonds. The molecule has 1 unspecified atom stereocenters. The largest absolute Gasteiger partial charge is 0.477 e. The van der Waals surface area contributed by atoms with Crippen molar-refractivity contribution in [2.45, 2.75) is 39.5 Å². The van der Waals surface area contributed by atoms with Crippen molar-refractivity contribution in [3.05, 3.63) is 17.5 Å². The highest BCUT2D eigenvalue weighted by molar-refractivity contribution is 6.29. The van der Waals surface area contributed by atoms with Crippen LogP contribution in [-0.4, -0.2) is 26.2 Å². The van der Waals surface area contributed by atoms with E-state index in [1.165, 1.54) is 25.6 Å². The van der Waals surface area contributed by atoms with E-state index in [1.807, 2.05) is 0 Å². The van der Waals surface area contributed by atoms with E-state index in [9.17, 15) is 0 Å². The van der Waals surface area contributed by atoms with Crippen LogP contribution in [0.15, 0.2) is 12.4 Å². The van der Waals surface area contributed by atoms with E-state index in [-0.39, 0.29) is 0 Å². The first-order valence-electron chi connectivity index (χ1n) is 6.73. The summed E-state index contributed by atoms with van der Waals surface area (Å²) in [5.41, 5.74) is 0. The number of hydrogen-bond donors (Lipinski definition) is 0. The molecule has 2 aromatic heterocycles. The van der Waals surface area contributed by atoms with Crippen molar-refractivity contribution in [1.82, 2.24) is 19.6 Å². The molecule has 0 saturated heterocycles. The average Bonchev–Trinajstić information content (AvgIpc) is 2.86. The van der Waals surface area contributed by atoms with Gasteiger partial charge in [0.1, 0.15) is 11.5 Å². The van der Waals surface area contributed by atoms with Gasteiger partial charge in [0.25, 0.3) is 5.78 Å². The Hall–Kier alpha value is -1.36. The number of hydrogen-bond acceptors (Lipinski definition) is 4. The van der Waals surface area contributed by atoms with E-state index in [1.54, 1.807) is 10.6 Å². The predicted octanol–water partition coefficient (Wildman–Crippen LogP) is 3.37. The summed E-state index contributed by atoms with van der Waals surface area (Å²) in [6.07, 6.45) is 6.19. The van der Waals surface area contributed by atoms with E-state index >= 15 is 0 Å². The van der Waals surface area contributed by atoms with E-state index in [0.29, 0.717) is 29.3 Å². The third-order valence-electron chi connectivity index (χ3n) is 3.20. The second-order valence-corrected chi connectivity index (χ2v) is 5.00. The van der Waals surface area contributed by atoms with Gasteiger partial charge in [-0.05, 0) is 12.3 Å². The molecule has 19 heavy (non-hydrogen) atoms. The van der Waals surface area contributed by atoms with Crippen molar-refractivity contribution in [2.75, 3.05) is 6.61 Å². The van der Waals surface area contributed by atoms with Gasteiger partial charge in [-0.25, -0.2) is 0 Å². The molecule has 0 N–H and O–H groups in total. The molecule has 6 heteroatoms. The fourth-order valence-corrected chi connectivity index (χ4v) is 2.13. The fraction of sp³-hybridized carbons (Fsp3) is 0.615. The van der Waals surface area contributed by atoms with Crippen molar-refractivity contribution in [2.24, 2.45) is 5.92 Å². The van der Waals surface area contributed by atoms with Crippen LogP contribution < -0.4 is 4.74 Å². The summed E-state index contributed by atoms with van der Waals surface area (Å²) in [7, 11) is 0. The minimum Gasteiger partial charge on any atom is -0.477 e. The summed E-state index contributed by atoms with van der Waals surface area (Å²) in [6.45, 7) is 5.06. The Labute approximate surface area is 118 Å². The SMILES string of the molecule is CCCCC(CC)COc1cc(Cl)nc2ncnn12. The van der Waals surface area contributed by atoms with Gasteiger partial charge in [0, 0.05) is 6.07 Å². The zero-order valence-corrected chi connectivity index (χ0v) is 12.1. The first kappa shape index (κ1) is 14.1. The Bertz CT molecular complexity index is 528. The summed E-state index contributed by atoms with van der Waals surface area (Å²) >= 11 is 5.94. The molecule has 2 heterocycles. The van der Waals surface area contributed by atoms with Crippen molar-refractivity contribution >= 4 is 17.4 Å². The van der Waals surface area contributed by atoms with Gasteiger partial charge >= 0.3 is 0 Å². The van der Waals surface area contributed by atoms with Gasteiger partial charge in [-0.3, -0.25) is 0 Å². The molecule has 0 spiro atoms. The number of fused-ring (bicyclic) bond motifs is 1. The summed E-state index contributed by atoms with van der Waals surface area (Å²) in [5, 5.41) is 4.46. The van der Waals surface area contributed by atoms with Crippen LogP contribution in [-0.2, 0) is 0 Å². The summed E-state index contributed by atoms with van der Waals surface area (Å²) < 4.78 is 7.41. The second kappa shape index (κ2) is 6.70. The minimum absolute atomic E-state index is 0.372. The molecule has 0 radical (unpaired) electrons. The molecule has 5 nitrogen and oxygen atoms in total. The molecule has 1 atom stereocenters. The zero-order valence-electron chi connectivity index (χ0n) is 11.3. The molecule has 0 fully saturated rings. The molecule has 0 aliphatic rings. The van der Waals surface area contributed by atoms with Gasteiger partial charge < -0.3 is 4.74 Å². The lowest BCUT2D eigenvalue weighted by Gasteiger charge is -2.15. The van der Waals surface area contributed by atoms with Crippen LogP contribution in [0.3, 0.4) is 0 Å². The van der Waals surface area contributed by atoms with Crippen molar-refractivity contribution in [1.29, 1.82) is 0 Å². The number of aromatic nitrogens is 4. The van der Waals surface area contributed by atoms with Crippen LogP contribution in [0.5, 0.6) is 5.88 Å². The highest BCUT2D eigenvalue weighted by atomic mass is 35.5. The molecule has 0 aromatic carbocycles. The predicted molar refractivity (Wildman–Crippen MR) is 74.6 cm³/mol. The van der Waals surface area contributed by atoms with E-state index in [2.05, 4.69) is 28.9 Å². The van der Waals surface area contributed by atoms with Crippen molar-refractivity contribution in [3.8, 4) is 5.88 Å². The molecular weight excluding hydrogens is 264 g/mol. The third-order valence-corrected chi connectivity index (χ3v) is 3.39. The van der Waals surface area contributed by atoms with Crippen molar-refractivity contribution in [3.63, 3.8) is 0 Å². The first-order valence-corrected chi connectivity index (χ1v) is 7.11. The number of nitrogens with zero attached hydrogens (tertiary/aromatic N) is 4. The lowest BCUT2D eigenvalue weighted by atomic mass is 10.0. The van der Waals surface area contributed by atoms with Crippen LogP contribution >= 0.6 is 11.6 Å². The standard InChI is InChI=1S/C13H19ClN4O/c1-3-5-6-10(4-2)8-19-12-7-11(14)17-13-15-9-16-18(12)13/h7,9-10H,3-6,8H2,1-2H3. The van der Waals surface area contributed by atoms with Crippen LogP contribution in [0, 0.1) is 5.92 Å². The molecule has 0 bridgehead atoms. The number of ether oxygens (including phenoxy) is 1. The Morgan fingerprint density at radius 3 is 3.00 bits per heavy atom. The van der Waals surface area contributed by atoms with Gasteiger partial charge in [0.05, 0.1) is 6.61 Å². The highest BCUT2D eigenvalue weighted by Gasteiger charge is 2.11. The van der Waals surface area contributed by atoms with Crippen LogP contribution in [0.4, 0.5) is 0 Å². The normalized spacial score (nSPS) is 12.8. The summed E-state index contributed by atoms with van der Waals surface area (Å²) in [4.78, 5) is 8.08. The van der Waals surface area contributed by atoms with E-state index < -0.39 is 0 Å². The minimum atomic E-state index is 0.372. The molecular formula is C13H19ClN4O. The molecule has 0 saturated carbocycles. The topological polar surface area (TPSA) is 52.3 Å². The average molecular weight is 283 g/mol. The molecule has 2 aromatic rings. The second-order valence-electron chi connectivity index (χ2n) is 4.62. The van der Waals surface area contributed by atoms with Crippen molar-refractivity contribution < 1.29 is 4.74 Å². The number of rotatable bonds is 7. The molecule has 104 valence electrons. The fourth-order valence-electron chi connectivity index (χ4n) is 1.96. The zero-order chi connectivity index (χ0) is 13.7. The van der Waals surface area contributed by atoms with Gasteiger partial charge in [-0.15, -0.1) is 0 Å². The first-order chi connectivity index (χ1) is 9.24. The Morgan fingerprint density at radius 1 is 1.42 bits per heavy atom. The van der Waals surface area contributed by atoms with E-state index in [0.717, 1.165) is 6.42 Å². The third kappa shape index (κ3) is 3.56. The van der Waals surface area contributed by atoms with Crippen LogP contribution in [0.2, 0.25) is 5.15 Å². The van der Waals surface area contributed by atoms with Crippen LogP contribution in [0.25, 0.3) is 5.78 Å². The summed E-state index contributed by atoms with van der Waals surface area (Å²) in [5.74, 6) is 1.62. The number of halogens is 1. The number of unbranched alkanes of at least 4 members (excludes halogenated alkanes) is 1. The van der Waals surface area contributed by atoms with Gasteiger partial charge in [-0.2, -0.15) is 19.6 Å². The maximum Gasteiger partial charge on any atom is 0.256 e. The summed E-state index contributed by atoms with van der Waals surface area (Å²) in [6, 6.07) is 1.68. The van der Waals surface area contributed by atoms with E-state index in [4.69, 9.17) is 16.3 Å². The van der Waals surface area contributed by atoms with Gasteiger partial charge in [-0.1, -0.05) is 44.7 Å². The van der Waals surface area contributed by atoms with Gasteiger partial charge in [0.15, 0.2) is 0 Å². The maximum absolute atomic E-state index is 5.94. The molecule has 2 rings (SSSR count). The quantitative estimate of drug-likeness (QED) is 0.731. The van der Waals surface area contributed by atoms with Crippen LogP contribution in [0.1, 0.15) is 39.5 Å². The van der Waals surface area contributed by atoms with Gasteiger partial charge in [0.2, 0.25) is 5.88 Å². The molecule has 0 aliphatic heterocycles. The Morgan fingerprint density at radius 2 is 2.26 bits per heavy atom. The smallest absolute Gasteiger partial charge is 0.256 e. The highest BCUT2D eigenvalue weighted by Crippen LogP contribution is 2.19. The Kier molecular flexibility index (Phi) is 4.96. The Balaban J connectivity index is 2.06. The lowest BCUT2D eigenvalue weighted by Crippen LogP contribution is -2.13. The molecule has 0 aliphatic carbocycles. The lowest BCUT2D eigenvalue weighted by molar-refractivity contribution is 0.221. The maximum atomic E-state index is 5.94.